The maximum absolute atomic E-state index is 11.4. The standard InChI is InChI=1S/C5H5F4O3P/c1-13(10,11-2-4(6)7)12-3-5(8)9/h2-3H,1H3. The van der Waals surface area contributed by atoms with Crippen molar-refractivity contribution in [2.45, 2.75) is 0 Å². The van der Waals surface area contributed by atoms with Gasteiger partial charge in [-0.05, 0) is 0 Å². The van der Waals surface area contributed by atoms with Gasteiger partial charge in [-0.3, -0.25) is 0 Å². The van der Waals surface area contributed by atoms with Crippen molar-refractivity contribution in [2.24, 2.45) is 0 Å². The van der Waals surface area contributed by atoms with Crippen molar-refractivity contribution in [2.75, 3.05) is 6.66 Å². The van der Waals surface area contributed by atoms with E-state index in [2.05, 4.69) is 9.05 Å². The van der Waals surface area contributed by atoms with Crippen molar-refractivity contribution >= 4 is 7.60 Å². The molecule has 0 aromatic heterocycles. The molecule has 0 aromatic carbocycles. The van der Waals surface area contributed by atoms with Crippen LogP contribution in [0.1, 0.15) is 0 Å². The molecule has 0 atom stereocenters. The molecule has 0 radical (unpaired) electrons. The molecular formula is C5H5F4O3P. The summed E-state index contributed by atoms with van der Waals surface area (Å²) in [4.78, 5) is 0. The molecule has 0 N–H and O–H groups in total. The molecular weight excluding hydrogens is 215 g/mol. The first-order chi connectivity index (χ1) is 5.83. The second kappa shape index (κ2) is 4.91. The van der Waals surface area contributed by atoms with Gasteiger partial charge in [0.2, 0.25) is 0 Å². The molecule has 0 saturated carbocycles. The van der Waals surface area contributed by atoms with Gasteiger partial charge >= 0.3 is 19.8 Å². The van der Waals surface area contributed by atoms with Crippen molar-refractivity contribution in [3.8, 4) is 0 Å². The van der Waals surface area contributed by atoms with Crippen LogP contribution >= 0.6 is 7.60 Å². The normalized spacial score (nSPS) is 10.2. The highest BCUT2D eigenvalue weighted by molar-refractivity contribution is 7.53. The van der Waals surface area contributed by atoms with E-state index in [1.807, 2.05) is 0 Å². The van der Waals surface area contributed by atoms with Gasteiger partial charge in [-0.2, -0.15) is 17.6 Å². The first-order valence-electron chi connectivity index (χ1n) is 2.80. The maximum atomic E-state index is 11.4. The van der Waals surface area contributed by atoms with Gasteiger partial charge in [-0.15, -0.1) is 0 Å². The molecule has 0 fully saturated rings. The van der Waals surface area contributed by atoms with E-state index in [0.29, 0.717) is 0 Å². The fourth-order valence-corrected chi connectivity index (χ4v) is 0.888. The van der Waals surface area contributed by atoms with Gasteiger partial charge in [-0.1, -0.05) is 0 Å². The highest BCUT2D eigenvalue weighted by atomic mass is 31.2. The van der Waals surface area contributed by atoms with Crippen LogP contribution in [0.2, 0.25) is 0 Å². The lowest BCUT2D eigenvalue weighted by Crippen LogP contribution is -1.83. The first-order valence-corrected chi connectivity index (χ1v) is 4.79. The van der Waals surface area contributed by atoms with E-state index >= 15 is 0 Å². The van der Waals surface area contributed by atoms with Crippen LogP contribution in [-0.2, 0) is 13.6 Å². The number of rotatable bonds is 4. The number of hydrogen-bond acceptors (Lipinski definition) is 3. The molecule has 0 unspecified atom stereocenters. The molecule has 0 rings (SSSR count). The minimum absolute atomic E-state index is 0.134. The van der Waals surface area contributed by atoms with Crippen LogP contribution in [-0.4, -0.2) is 6.66 Å². The summed E-state index contributed by atoms with van der Waals surface area (Å²) in [6.07, 6.45) is -4.75. The zero-order valence-electron chi connectivity index (χ0n) is 6.34. The molecule has 0 amide bonds. The Morgan fingerprint density at radius 2 is 1.38 bits per heavy atom. The van der Waals surface area contributed by atoms with Crippen molar-refractivity contribution in [1.29, 1.82) is 0 Å². The Morgan fingerprint density at radius 1 is 1.08 bits per heavy atom. The lowest BCUT2D eigenvalue weighted by molar-refractivity contribution is 0.293. The Labute approximate surface area is 71.2 Å². The molecule has 8 heteroatoms. The highest BCUT2D eigenvalue weighted by Crippen LogP contribution is 2.45. The van der Waals surface area contributed by atoms with Crippen molar-refractivity contribution < 1.29 is 31.2 Å². The molecule has 0 aliphatic heterocycles. The Morgan fingerprint density at radius 3 is 1.62 bits per heavy atom. The molecule has 0 spiro atoms. The summed E-state index contributed by atoms with van der Waals surface area (Å²) in [7, 11) is -3.91. The van der Waals surface area contributed by atoms with E-state index in [0.717, 1.165) is 6.66 Å². The minimum atomic E-state index is -3.91. The molecule has 3 nitrogen and oxygen atoms in total. The van der Waals surface area contributed by atoms with Gasteiger partial charge in [0.05, 0.1) is 6.66 Å². The maximum Gasteiger partial charge on any atom is 0.426 e. The Kier molecular flexibility index (Phi) is 4.55. The molecule has 0 aliphatic rings. The number of hydrogen-bond donors (Lipinski definition) is 0. The third kappa shape index (κ3) is 7.39. The van der Waals surface area contributed by atoms with Gasteiger partial charge < -0.3 is 9.05 Å². The van der Waals surface area contributed by atoms with Gasteiger partial charge in [0.1, 0.15) is 0 Å². The topological polar surface area (TPSA) is 35.5 Å². The Bertz CT molecular complexity index is 243. The van der Waals surface area contributed by atoms with Crippen molar-refractivity contribution in [3.63, 3.8) is 0 Å². The predicted molar refractivity (Wildman–Crippen MR) is 36.3 cm³/mol. The van der Waals surface area contributed by atoms with Gasteiger partial charge in [0, 0.05) is 0 Å². The van der Waals surface area contributed by atoms with E-state index in [1.54, 1.807) is 0 Å². The quantitative estimate of drug-likeness (QED) is 0.414. The SMILES string of the molecule is CP(=O)(OC=C(F)F)OC=C(F)F. The molecule has 0 saturated heterocycles. The Balaban J connectivity index is 4.18. The largest absolute Gasteiger partial charge is 0.426 e. The summed E-state index contributed by atoms with van der Waals surface area (Å²) < 4.78 is 64.0. The second-order valence-corrected chi connectivity index (χ2v) is 3.76. The monoisotopic (exact) mass is 220 g/mol. The van der Waals surface area contributed by atoms with Crippen LogP contribution in [0.25, 0.3) is 0 Å². The lowest BCUT2D eigenvalue weighted by atomic mass is 11.1. The summed E-state index contributed by atoms with van der Waals surface area (Å²) in [5.74, 6) is 0. The zero-order valence-corrected chi connectivity index (χ0v) is 7.23. The first kappa shape index (κ1) is 12.0. The summed E-state index contributed by atoms with van der Waals surface area (Å²) in [6, 6.07) is 0. The van der Waals surface area contributed by atoms with Crippen LogP contribution < -0.4 is 0 Å². The van der Waals surface area contributed by atoms with Crippen molar-refractivity contribution in [3.05, 3.63) is 24.7 Å². The molecule has 0 aliphatic carbocycles. The molecule has 76 valence electrons. The minimum Gasteiger partial charge on any atom is -0.418 e. The smallest absolute Gasteiger partial charge is 0.418 e. The summed E-state index contributed by atoms with van der Waals surface area (Å²) >= 11 is 0. The molecule has 13 heavy (non-hydrogen) atoms. The fourth-order valence-electron chi connectivity index (χ4n) is 0.296. The fraction of sp³-hybridized carbons (Fsp3) is 0.200. The van der Waals surface area contributed by atoms with Crippen LogP contribution in [0.15, 0.2) is 24.7 Å². The average molecular weight is 220 g/mol. The molecule has 0 aromatic rings. The van der Waals surface area contributed by atoms with Gasteiger partial charge in [-0.25, -0.2) is 4.57 Å². The summed E-state index contributed by atoms with van der Waals surface area (Å²) in [5, 5.41) is 0. The second-order valence-electron chi connectivity index (χ2n) is 1.80. The lowest BCUT2D eigenvalue weighted by Gasteiger charge is -2.08. The zero-order chi connectivity index (χ0) is 10.5. The molecule has 0 heterocycles. The van der Waals surface area contributed by atoms with E-state index in [4.69, 9.17) is 0 Å². The Hall–Kier alpha value is -0.970. The van der Waals surface area contributed by atoms with Gasteiger partial charge in [0.15, 0.2) is 12.5 Å². The third-order valence-corrected chi connectivity index (χ3v) is 1.64. The van der Waals surface area contributed by atoms with Gasteiger partial charge in [0.25, 0.3) is 0 Å². The van der Waals surface area contributed by atoms with Crippen molar-refractivity contribution in [1.82, 2.24) is 0 Å². The summed E-state index contributed by atoms with van der Waals surface area (Å²) in [6.45, 7) is 0.770. The average Bonchev–Trinajstić information content (AvgIpc) is 1.98. The predicted octanol–water partition coefficient (Wildman–Crippen LogP) is 3.32. The van der Waals surface area contributed by atoms with Crippen LogP contribution in [0, 0.1) is 0 Å². The third-order valence-electron chi connectivity index (χ3n) is 0.667. The van der Waals surface area contributed by atoms with Crippen LogP contribution in [0.3, 0.4) is 0 Å². The van der Waals surface area contributed by atoms with E-state index in [-0.39, 0.29) is 12.5 Å². The van der Waals surface area contributed by atoms with E-state index in [1.165, 1.54) is 0 Å². The van der Waals surface area contributed by atoms with E-state index < -0.39 is 19.8 Å². The van der Waals surface area contributed by atoms with E-state index in [9.17, 15) is 22.1 Å². The highest BCUT2D eigenvalue weighted by Gasteiger charge is 2.16. The molecule has 0 bridgehead atoms. The van der Waals surface area contributed by atoms with Crippen LogP contribution in [0.4, 0.5) is 17.6 Å². The van der Waals surface area contributed by atoms with Crippen LogP contribution in [0.5, 0.6) is 0 Å². The number of halogens is 4. The summed E-state index contributed by atoms with van der Waals surface area (Å²) in [5.41, 5.74) is 0.